The lowest BCUT2D eigenvalue weighted by Crippen LogP contribution is -2.40. The van der Waals surface area contributed by atoms with Crippen molar-refractivity contribution in [1.29, 1.82) is 0 Å². The van der Waals surface area contributed by atoms with Crippen LogP contribution in [0.2, 0.25) is 10.0 Å². The Bertz CT molecular complexity index is 1240. The van der Waals surface area contributed by atoms with Gasteiger partial charge >= 0.3 is 0 Å². The molecule has 1 fully saturated rings. The van der Waals surface area contributed by atoms with Gasteiger partial charge in [0.1, 0.15) is 11.4 Å². The van der Waals surface area contributed by atoms with E-state index in [1.54, 1.807) is 24.3 Å². The second kappa shape index (κ2) is 9.51. The van der Waals surface area contributed by atoms with Gasteiger partial charge in [0.25, 0.3) is 0 Å². The smallest absolute Gasteiger partial charge is 0.248 e. The second-order valence-electron chi connectivity index (χ2n) is 6.83. The number of amides is 1. The third kappa shape index (κ3) is 4.92. The van der Waals surface area contributed by atoms with Crippen molar-refractivity contribution in [2.75, 3.05) is 31.6 Å². The lowest BCUT2D eigenvalue weighted by molar-refractivity contribution is -0.117. The highest BCUT2D eigenvalue weighted by atomic mass is 35.5. The average Bonchev–Trinajstić information content (AvgIpc) is 3.24. The summed E-state index contributed by atoms with van der Waals surface area (Å²) in [5.74, 6) is -0.182. The Morgan fingerprint density at radius 1 is 1.09 bits per heavy atom. The minimum Gasteiger partial charge on any atom is -0.379 e. The van der Waals surface area contributed by atoms with Crippen molar-refractivity contribution >= 4 is 44.8 Å². The molecule has 1 amide bonds. The maximum Gasteiger partial charge on any atom is 0.248 e. The molecule has 13 heteroatoms. The van der Waals surface area contributed by atoms with Gasteiger partial charge in [-0.1, -0.05) is 35.3 Å². The minimum absolute atomic E-state index is 0.0665. The summed E-state index contributed by atoms with van der Waals surface area (Å²) in [5, 5.41) is 15.1. The number of carbonyl (C=O) groups excluding carboxylic acids is 1. The maximum atomic E-state index is 12.9. The molecule has 1 saturated heterocycles. The summed E-state index contributed by atoms with van der Waals surface area (Å²) in [5.41, 5.74) is 0.870. The number of halogens is 2. The van der Waals surface area contributed by atoms with E-state index in [-0.39, 0.29) is 41.1 Å². The van der Waals surface area contributed by atoms with Crippen molar-refractivity contribution in [3.63, 3.8) is 0 Å². The number of sulfonamides is 1. The standard InChI is InChI=1S/C19H18Cl2N6O4S/c20-15-4-2-1-3-14(15)19-23-25-27(24-19)12-18(28)22-13-5-6-16(21)17(11-13)32(29,30)26-7-9-31-10-8-26/h1-6,11H,7-10,12H2,(H,22,28). The SMILES string of the molecule is O=C(Cn1nnc(-c2ccccc2Cl)n1)Nc1ccc(Cl)c(S(=O)(=O)N2CCOCC2)c1. The molecule has 0 saturated carbocycles. The first-order chi connectivity index (χ1) is 15.3. The molecule has 168 valence electrons. The fourth-order valence-electron chi connectivity index (χ4n) is 3.09. The molecular formula is C19H18Cl2N6O4S. The van der Waals surface area contributed by atoms with Crippen LogP contribution < -0.4 is 5.32 Å². The summed E-state index contributed by atoms with van der Waals surface area (Å²) in [6.07, 6.45) is 0. The number of carbonyl (C=O) groups is 1. The number of anilines is 1. The van der Waals surface area contributed by atoms with Gasteiger partial charge in [-0.3, -0.25) is 4.79 Å². The number of hydrogen-bond donors (Lipinski definition) is 1. The van der Waals surface area contributed by atoms with Crippen LogP contribution in [0.15, 0.2) is 47.4 Å². The second-order valence-corrected chi connectivity index (χ2v) is 9.55. The maximum absolute atomic E-state index is 12.9. The van der Waals surface area contributed by atoms with Crippen LogP contribution in [0.4, 0.5) is 5.69 Å². The third-order valence-electron chi connectivity index (χ3n) is 4.66. The summed E-state index contributed by atoms with van der Waals surface area (Å²) >= 11 is 12.3. The molecule has 4 rings (SSSR count). The van der Waals surface area contributed by atoms with E-state index in [1.807, 2.05) is 0 Å². The molecule has 1 aliphatic heterocycles. The monoisotopic (exact) mass is 496 g/mol. The number of nitrogens with zero attached hydrogens (tertiary/aromatic N) is 5. The molecule has 2 heterocycles. The Kier molecular flexibility index (Phi) is 6.72. The molecule has 2 aromatic carbocycles. The predicted octanol–water partition coefficient (Wildman–Crippen LogP) is 2.31. The van der Waals surface area contributed by atoms with Crippen molar-refractivity contribution in [3.8, 4) is 11.4 Å². The van der Waals surface area contributed by atoms with Crippen LogP contribution in [-0.4, -0.2) is 65.1 Å². The molecular weight excluding hydrogens is 479 g/mol. The lowest BCUT2D eigenvalue weighted by Gasteiger charge is -2.26. The van der Waals surface area contributed by atoms with Gasteiger partial charge in [0.2, 0.25) is 21.8 Å². The zero-order valence-corrected chi connectivity index (χ0v) is 18.9. The van der Waals surface area contributed by atoms with Crippen LogP contribution in [0.25, 0.3) is 11.4 Å². The summed E-state index contributed by atoms with van der Waals surface area (Å²) in [7, 11) is -3.82. The molecule has 0 unspecified atom stereocenters. The van der Waals surface area contributed by atoms with Gasteiger partial charge in [-0.2, -0.15) is 9.10 Å². The summed E-state index contributed by atoms with van der Waals surface area (Å²) in [6, 6.07) is 11.3. The predicted molar refractivity (Wildman–Crippen MR) is 118 cm³/mol. The lowest BCUT2D eigenvalue weighted by atomic mass is 10.2. The van der Waals surface area contributed by atoms with E-state index in [0.717, 1.165) is 4.80 Å². The first kappa shape index (κ1) is 22.6. The van der Waals surface area contributed by atoms with Gasteiger partial charge in [-0.05, 0) is 35.5 Å². The highest BCUT2D eigenvalue weighted by molar-refractivity contribution is 7.89. The van der Waals surface area contributed by atoms with E-state index in [9.17, 15) is 13.2 Å². The number of rotatable bonds is 6. The number of nitrogens with one attached hydrogen (secondary N) is 1. The van der Waals surface area contributed by atoms with Crippen LogP contribution >= 0.6 is 23.2 Å². The highest BCUT2D eigenvalue weighted by Crippen LogP contribution is 2.28. The molecule has 32 heavy (non-hydrogen) atoms. The topological polar surface area (TPSA) is 119 Å². The van der Waals surface area contributed by atoms with E-state index < -0.39 is 15.9 Å². The normalized spacial score (nSPS) is 14.9. The average molecular weight is 497 g/mol. The number of morpholine rings is 1. The number of benzene rings is 2. The number of aromatic nitrogens is 4. The Morgan fingerprint density at radius 3 is 2.59 bits per heavy atom. The van der Waals surface area contributed by atoms with Gasteiger partial charge < -0.3 is 10.1 Å². The zero-order chi connectivity index (χ0) is 22.7. The van der Waals surface area contributed by atoms with E-state index in [4.69, 9.17) is 27.9 Å². The van der Waals surface area contributed by atoms with Crippen LogP contribution in [0, 0.1) is 0 Å². The van der Waals surface area contributed by atoms with Gasteiger partial charge in [0.05, 0.1) is 23.3 Å². The number of hydrogen-bond acceptors (Lipinski definition) is 7. The fourth-order valence-corrected chi connectivity index (χ4v) is 5.22. The number of ether oxygens (including phenoxy) is 1. The van der Waals surface area contributed by atoms with E-state index >= 15 is 0 Å². The highest BCUT2D eigenvalue weighted by Gasteiger charge is 2.28. The largest absolute Gasteiger partial charge is 0.379 e. The molecule has 0 aliphatic carbocycles. The molecule has 1 aromatic heterocycles. The van der Waals surface area contributed by atoms with Crippen LogP contribution in [0.3, 0.4) is 0 Å². The fraction of sp³-hybridized carbons (Fsp3) is 0.263. The minimum atomic E-state index is -3.82. The number of tetrazole rings is 1. The molecule has 0 bridgehead atoms. The van der Waals surface area contributed by atoms with Crippen LogP contribution in [0.1, 0.15) is 0 Å². The molecule has 10 nitrogen and oxygen atoms in total. The third-order valence-corrected chi connectivity index (χ3v) is 7.37. The van der Waals surface area contributed by atoms with Crippen molar-refractivity contribution < 1.29 is 17.9 Å². The molecule has 1 aliphatic rings. The molecule has 0 radical (unpaired) electrons. The van der Waals surface area contributed by atoms with Crippen molar-refractivity contribution in [2.45, 2.75) is 11.4 Å². The molecule has 1 N–H and O–H groups in total. The Labute approximate surface area is 194 Å². The van der Waals surface area contributed by atoms with Gasteiger partial charge in [-0.25, -0.2) is 8.42 Å². The molecule has 0 atom stereocenters. The van der Waals surface area contributed by atoms with Crippen molar-refractivity contribution in [1.82, 2.24) is 24.5 Å². The zero-order valence-electron chi connectivity index (χ0n) is 16.6. The quantitative estimate of drug-likeness (QED) is 0.555. The van der Waals surface area contributed by atoms with E-state index in [1.165, 1.54) is 22.5 Å². The molecule has 3 aromatic rings. The first-order valence-electron chi connectivity index (χ1n) is 9.54. The molecule has 0 spiro atoms. The van der Waals surface area contributed by atoms with E-state index in [2.05, 4.69) is 20.7 Å². The summed E-state index contributed by atoms with van der Waals surface area (Å²) < 4.78 is 32.4. The van der Waals surface area contributed by atoms with Crippen LogP contribution in [0.5, 0.6) is 0 Å². The summed E-state index contributed by atoms with van der Waals surface area (Å²) in [6.45, 7) is 0.871. The van der Waals surface area contributed by atoms with Gasteiger partial charge in [0, 0.05) is 24.3 Å². The van der Waals surface area contributed by atoms with Gasteiger partial charge in [-0.15, -0.1) is 10.2 Å². The van der Waals surface area contributed by atoms with Crippen LogP contribution in [-0.2, 0) is 26.1 Å². The Morgan fingerprint density at radius 2 is 1.84 bits per heavy atom. The van der Waals surface area contributed by atoms with Crippen molar-refractivity contribution in [2.24, 2.45) is 0 Å². The van der Waals surface area contributed by atoms with Crippen molar-refractivity contribution in [3.05, 3.63) is 52.5 Å². The Hall–Kier alpha value is -2.57. The van der Waals surface area contributed by atoms with Gasteiger partial charge in [0.15, 0.2) is 0 Å². The van der Waals surface area contributed by atoms with E-state index in [0.29, 0.717) is 23.8 Å². The first-order valence-corrected chi connectivity index (χ1v) is 11.7. The Balaban J connectivity index is 1.47. The summed E-state index contributed by atoms with van der Waals surface area (Å²) in [4.78, 5) is 13.5.